The van der Waals surface area contributed by atoms with E-state index in [0.717, 1.165) is 49.9 Å². The number of carbonyl (C=O) groups excluding carboxylic acids is 1. The zero-order chi connectivity index (χ0) is 16.7. The maximum Gasteiger partial charge on any atom is 0.420 e. The second-order valence-corrected chi connectivity index (χ2v) is 7.20. The van der Waals surface area contributed by atoms with Crippen molar-refractivity contribution in [2.45, 2.75) is 51.5 Å². The molecule has 5 nitrogen and oxygen atoms in total. The first-order chi connectivity index (χ1) is 11.6. The molecule has 1 saturated heterocycles. The van der Waals surface area contributed by atoms with Crippen molar-refractivity contribution in [3.05, 3.63) is 34.3 Å². The summed E-state index contributed by atoms with van der Waals surface area (Å²) in [4.78, 5) is 26.9. The van der Waals surface area contributed by atoms with Crippen LogP contribution in [0.4, 0.5) is 0 Å². The number of fused-ring (bicyclic) bond motifs is 1. The van der Waals surface area contributed by atoms with E-state index in [0.29, 0.717) is 11.5 Å². The Hall–Kier alpha value is -2.04. The molecule has 1 aromatic heterocycles. The fraction of sp³-hybridized carbons (Fsp3) is 0.579. The third-order valence-electron chi connectivity index (χ3n) is 5.68. The lowest BCUT2D eigenvalue weighted by Crippen LogP contribution is -2.42. The van der Waals surface area contributed by atoms with E-state index in [1.807, 2.05) is 34.6 Å². The number of benzene rings is 1. The molecule has 0 unspecified atom stereocenters. The molecule has 2 fully saturated rings. The highest BCUT2D eigenvalue weighted by Gasteiger charge is 2.31. The molecule has 1 aliphatic heterocycles. The molecule has 4 rings (SSSR count). The number of amides is 1. The van der Waals surface area contributed by atoms with Crippen LogP contribution in [-0.4, -0.2) is 28.5 Å². The molecule has 24 heavy (non-hydrogen) atoms. The predicted octanol–water partition coefficient (Wildman–Crippen LogP) is 3.26. The lowest BCUT2D eigenvalue weighted by Gasteiger charge is -2.34. The Bertz CT molecular complexity index is 806. The van der Waals surface area contributed by atoms with Crippen LogP contribution in [0.5, 0.6) is 0 Å². The van der Waals surface area contributed by atoms with Gasteiger partial charge >= 0.3 is 5.76 Å². The van der Waals surface area contributed by atoms with Crippen LogP contribution in [0, 0.1) is 12.8 Å². The van der Waals surface area contributed by atoms with Gasteiger partial charge in [0.15, 0.2) is 5.58 Å². The smallest absolute Gasteiger partial charge is 0.408 e. The summed E-state index contributed by atoms with van der Waals surface area (Å²) in [5.41, 5.74) is 2.62. The summed E-state index contributed by atoms with van der Waals surface area (Å²) in [5.74, 6) is 0.285. The van der Waals surface area contributed by atoms with Crippen molar-refractivity contribution < 1.29 is 9.21 Å². The van der Waals surface area contributed by atoms with Crippen LogP contribution in [0.1, 0.15) is 50.1 Å². The maximum atomic E-state index is 12.6. The molecule has 5 heteroatoms. The van der Waals surface area contributed by atoms with Crippen LogP contribution in [0.25, 0.3) is 11.1 Å². The van der Waals surface area contributed by atoms with Crippen molar-refractivity contribution in [3.63, 3.8) is 0 Å². The van der Waals surface area contributed by atoms with Crippen molar-refractivity contribution in [1.29, 1.82) is 0 Å². The normalized spacial score (nSPS) is 20.1. The molecule has 1 saturated carbocycles. The van der Waals surface area contributed by atoms with Crippen molar-refractivity contribution in [3.8, 4) is 0 Å². The number of likely N-dealkylation sites (tertiary alicyclic amines) is 1. The first-order valence-corrected chi connectivity index (χ1v) is 9.04. The van der Waals surface area contributed by atoms with E-state index >= 15 is 0 Å². The molecule has 0 atom stereocenters. The number of aryl methyl sites for hydroxylation is 1. The summed E-state index contributed by atoms with van der Waals surface area (Å²) < 4.78 is 7.22. The number of para-hydroxylation sites is 1. The van der Waals surface area contributed by atoms with Gasteiger partial charge in [-0.2, -0.15) is 0 Å². The monoisotopic (exact) mass is 328 g/mol. The number of hydrogen-bond acceptors (Lipinski definition) is 3. The number of rotatable bonds is 2. The van der Waals surface area contributed by atoms with Gasteiger partial charge in [0.05, 0.1) is 5.52 Å². The first kappa shape index (κ1) is 15.5. The lowest BCUT2D eigenvalue weighted by atomic mass is 10.0. The highest BCUT2D eigenvalue weighted by Crippen LogP contribution is 2.31. The SMILES string of the molecule is Cc1cccc2oc(=O)n(C3CCN(C(=O)C4CCCC4)CC3)c12. The predicted molar refractivity (Wildman–Crippen MR) is 92.0 cm³/mol. The third-order valence-corrected chi connectivity index (χ3v) is 5.68. The molecule has 0 bridgehead atoms. The summed E-state index contributed by atoms with van der Waals surface area (Å²) in [6.45, 7) is 3.49. The van der Waals surface area contributed by atoms with Gasteiger partial charge in [-0.3, -0.25) is 9.36 Å². The Kier molecular flexibility index (Phi) is 3.94. The molecular formula is C19H24N2O3. The maximum absolute atomic E-state index is 12.6. The van der Waals surface area contributed by atoms with E-state index in [-0.39, 0.29) is 17.7 Å². The van der Waals surface area contributed by atoms with Crippen LogP contribution in [0.3, 0.4) is 0 Å². The zero-order valence-electron chi connectivity index (χ0n) is 14.2. The van der Waals surface area contributed by atoms with Gasteiger partial charge < -0.3 is 9.32 Å². The molecule has 0 N–H and O–H groups in total. The molecule has 2 aromatic rings. The number of hydrogen-bond donors (Lipinski definition) is 0. The second-order valence-electron chi connectivity index (χ2n) is 7.20. The zero-order valence-corrected chi connectivity index (χ0v) is 14.2. The minimum Gasteiger partial charge on any atom is -0.408 e. The Morgan fingerprint density at radius 1 is 1.12 bits per heavy atom. The first-order valence-electron chi connectivity index (χ1n) is 9.04. The third kappa shape index (κ3) is 2.56. The van der Waals surface area contributed by atoms with Gasteiger partial charge in [0.2, 0.25) is 5.91 Å². The molecule has 1 amide bonds. The highest BCUT2D eigenvalue weighted by atomic mass is 16.4. The molecule has 2 aliphatic rings. The van der Waals surface area contributed by atoms with Crippen LogP contribution < -0.4 is 5.76 Å². The van der Waals surface area contributed by atoms with E-state index in [2.05, 4.69) is 0 Å². The van der Waals surface area contributed by atoms with E-state index in [9.17, 15) is 9.59 Å². The van der Waals surface area contributed by atoms with Gasteiger partial charge in [-0.1, -0.05) is 25.0 Å². The Labute approximate surface area is 141 Å². The lowest BCUT2D eigenvalue weighted by molar-refractivity contribution is -0.136. The number of carbonyl (C=O) groups is 1. The molecule has 0 radical (unpaired) electrons. The molecule has 1 aromatic carbocycles. The minimum atomic E-state index is -0.278. The number of oxazole rings is 1. The minimum absolute atomic E-state index is 0.118. The summed E-state index contributed by atoms with van der Waals surface area (Å²) in [7, 11) is 0. The summed E-state index contributed by atoms with van der Waals surface area (Å²) in [6.07, 6.45) is 6.10. The standard InChI is InChI=1S/C19H24N2O3/c1-13-5-4-8-16-17(13)21(19(23)24-16)15-9-11-20(12-10-15)18(22)14-6-2-3-7-14/h4-5,8,14-15H,2-3,6-7,9-12H2,1H3. The number of piperidine rings is 1. The Morgan fingerprint density at radius 3 is 2.54 bits per heavy atom. The van der Waals surface area contributed by atoms with Crippen LogP contribution in [0.2, 0.25) is 0 Å². The average Bonchev–Trinajstić information content (AvgIpc) is 3.22. The van der Waals surface area contributed by atoms with Gasteiger partial charge in [-0.15, -0.1) is 0 Å². The van der Waals surface area contributed by atoms with Gasteiger partial charge in [-0.05, 0) is 44.2 Å². The van der Waals surface area contributed by atoms with Gasteiger partial charge in [0, 0.05) is 25.0 Å². The average molecular weight is 328 g/mol. The van der Waals surface area contributed by atoms with Crippen LogP contribution in [0.15, 0.2) is 27.4 Å². The summed E-state index contributed by atoms with van der Waals surface area (Å²) in [5, 5.41) is 0. The molecule has 1 aliphatic carbocycles. The second kappa shape index (κ2) is 6.11. The highest BCUT2D eigenvalue weighted by molar-refractivity contribution is 5.79. The number of aromatic nitrogens is 1. The van der Waals surface area contributed by atoms with E-state index in [1.54, 1.807) is 0 Å². The molecule has 0 spiro atoms. The van der Waals surface area contributed by atoms with Gasteiger partial charge in [0.1, 0.15) is 0 Å². The quantitative estimate of drug-likeness (QED) is 0.850. The largest absolute Gasteiger partial charge is 0.420 e. The van der Waals surface area contributed by atoms with Crippen molar-refractivity contribution >= 4 is 17.0 Å². The Balaban J connectivity index is 1.53. The fourth-order valence-electron chi connectivity index (χ4n) is 4.36. The Morgan fingerprint density at radius 2 is 1.83 bits per heavy atom. The van der Waals surface area contributed by atoms with Crippen molar-refractivity contribution in [2.75, 3.05) is 13.1 Å². The van der Waals surface area contributed by atoms with E-state index < -0.39 is 0 Å². The fourth-order valence-corrected chi connectivity index (χ4v) is 4.36. The van der Waals surface area contributed by atoms with Crippen LogP contribution >= 0.6 is 0 Å². The van der Waals surface area contributed by atoms with E-state index in [1.165, 1.54) is 12.8 Å². The molecular weight excluding hydrogens is 304 g/mol. The van der Waals surface area contributed by atoms with Crippen LogP contribution in [-0.2, 0) is 4.79 Å². The topological polar surface area (TPSA) is 55.5 Å². The molecule has 2 heterocycles. The number of nitrogens with zero attached hydrogens (tertiary/aromatic N) is 2. The molecule has 128 valence electrons. The van der Waals surface area contributed by atoms with Gasteiger partial charge in [0.25, 0.3) is 0 Å². The van der Waals surface area contributed by atoms with E-state index in [4.69, 9.17) is 4.42 Å². The van der Waals surface area contributed by atoms with Crippen molar-refractivity contribution in [2.24, 2.45) is 5.92 Å². The van der Waals surface area contributed by atoms with Gasteiger partial charge in [-0.25, -0.2) is 4.79 Å². The summed E-state index contributed by atoms with van der Waals surface area (Å²) >= 11 is 0. The van der Waals surface area contributed by atoms with Crippen molar-refractivity contribution in [1.82, 2.24) is 9.47 Å². The summed E-state index contributed by atoms with van der Waals surface area (Å²) in [6, 6.07) is 5.88.